The summed E-state index contributed by atoms with van der Waals surface area (Å²) in [6.07, 6.45) is 1.18. The van der Waals surface area contributed by atoms with E-state index in [1.165, 1.54) is 12.0 Å². The fraction of sp³-hybridized carbons (Fsp3) is 0.571. The highest BCUT2D eigenvalue weighted by Gasteiger charge is 2.23. The summed E-state index contributed by atoms with van der Waals surface area (Å²) < 4.78 is 6.52. The molecule has 0 saturated carbocycles. The molecule has 0 bridgehead atoms. The Morgan fingerprint density at radius 3 is 2.65 bits per heavy atom. The molecule has 17 heavy (non-hydrogen) atoms. The highest BCUT2D eigenvalue weighted by atomic mass is 79.9. The van der Waals surface area contributed by atoms with Gasteiger partial charge in [-0.2, -0.15) is 0 Å². The summed E-state index contributed by atoms with van der Waals surface area (Å²) in [7, 11) is 0. The lowest BCUT2D eigenvalue weighted by atomic mass is 9.93. The average Bonchev–Trinajstić information content (AvgIpc) is 2.80. The minimum atomic E-state index is 0.0172. The van der Waals surface area contributed by atoms with E-state index in [1.54, 1.807) is 0 Å². The van der Waals surface area contributed by atoms with Crippen molar-refractivity contribution in [3.63, 3.8) is 0 Å². The molecule has 0 radical (unpaired) electrons. The third-order valence-corrected chi connectivity index (χ3v) is 3.95. The summed E-state index contributed by atoms with van der Waals surface area (Å²) in [5, 5.41) is 3.64. The summed E-state index contributed by atoms with van der Waals surface area (Å²) in [4.78, 5) is 0. The van der Waals surface area contributed by atoms with Gasteiger partial charge < -0.3 is 10.1 Å². The van der Waals surface area contributed by atoms with Crippen LogP contribution in [0.5, 0.6) is 0 Å². The van der Waals surface area contributed by atoms with E-state index < -0.39 is 0 Å². The van der Waals surface area contributed by atoms with Gasteiger partial charge in [0, 0.05) is 23.2 Å². The van der Waals surface area contributed by atoms with Crippen LogP contribution < -0.4 is 5.32 Å². The Morgan fingerprint density at radius 2 is 2.06 bits per heavy atom. The molecule has 1 atom stereocenters. The molecule has 2 rings (SSSR count). The van der Waals surface area contributed by atoms with Gasteiger partial charge in [-0.3, -0.25) is 0 Å². The van der Waals surface area contributed by atoms with Crippen molar-refractivity contribution in [2.45, 2.75) is 25.8 Å². The standard InChI is InChI=1S/C14H20BrNO/c1-14(2,12-3-5-13(15)6-4-12)16-9-11-7-8-17-10-11/h3-6,11,16H,7-10H2,1-2H3. The molecule has 1 heterocycles. The Kier molecular flexibility index (Phi) is 4.23. The molecule has 1 aliphatic rings. The summed E-state index contributed by atoms with van der Waals surface area (Å²) >= 11 is 3.47. The van der Waals surface area contributed by atoms with Gasteiger partial charge in [0.1, 0.15) is 0 Å². The molecule has 0 spiro atoms. The van der Waals surface area contributed by atoms with E-state index in [-0.39, 0.29) is 5.54 Å². The molecule has 1 aromatic carbocycles. The zero-order chi connectivity index (χ0) is 12.3. The Hall–Kier alpha value is -0.380. The monoisotopic (exact) mass is 297 g/mol. The topological polar surface area (TPSA) is 21.3 Å². The minimum Gasteiger partial charge on any atom is -0.381 e. The molecule has 1 fully saturated rings. The van der Waals surface area contributed by atoms with Crippen LogP contribution in [0, 0.1) is 5.92 Å². The molecular weight excluding hydrogens is 278 g/mol. The Bertz CT molecular complexity index is 355. The molecule has 0 aliphatic carbocycles. The maximum Gasteiger partial charge on any atom is 0.0507 e. The molecule has 1 N–H and O–H groups in total. The minimum absolute atomic E-state index is 0.0172. The van der Waals surface area contributed by atoms with E-state index in [2.05, 4.69) is 59.4 Å². The lowest BCUT2D eigenvalue weighted by molar-refractivity contribution is 0.183. The second-order valence-electron chi connectivity index (χ2n) is 5.24. The smallest absolute Gasteiger partial charge is 0.0507 e. The van der Waals surface area contributed by atoms with Crippen molar-refractivity contribution >= 4 is 15.9 Å². The van der Waals surface area contributed by atoms with Gasteiger partial charge in [-0.25, -0.2) is 0 Å². The van der Waals surface area contributed by atoms with Crippen LogP contribution in [0.4, 0.5) is 0 Å². The van der Waals surface area contributed by atoms with Gasteiger partial charge in [0.05, 0.1) is 6.61 Å². The number of hydrogen-bond donors (Lipinski definition) is 1. The Morgan fingerprint density at radius 1 is 1.35 bits per heavy atom. The van der Waals surface area contributed by atoms with Crippen LogP contribution in [0.25, 0.3) is 0 Å². The average molecular weight is 298 g/mol. The first-order valence-corrected chi connectivity index (χ1v) is 6.96. The zero-order valence-electron chi connectivity index (χ0n) is 10.5. The number of nitrogens with one attached hydrogen (secondary N) is 1. The highest BCUT2D eigenvalue weighted by molar-refractivity contribution is 9.10. The van der Waals surface area contributed by atoms with Crippen LogP contribution in [0.2, 0.25) is 0 Å². The Balaban J connectivity index is 1.94. The molecule has 1 unspecified atom stereocenters. The predicted molar refractivity (Wildman–Crippen MR) is 74.1 cm³/mol. The van der Waals surface area contributed by atoms with Crippen molar-refractivity contribution in [3.8, 4) is 0 Å². The highest BCUT2D eigenvalue weighted by Crippen LogP contribution is 2.23. The SMILES string of the molecule is CC(C)(NCC1CCOC1)c1ccc(Br)cc1. The van der Waals surface area contributed by atoms with Crippen LogP contribution in [0.15, 0.2) is 28.7 Å². The first-order chi connectivity index (χ1) is 8.08. The maximum absolute atomic E-state index is 5.40. The van der Waals surface area contributed by atoms with Crippen molar-refractivity contribution in [2.75, 3.05) is 19.8 Å². The van der Waals surface area contributed by atoms with Gasteiger partial charge in [0.25, 0.3) is 0 Å². The lowest BCUT2D eigenvalue weighted by Crippen LogP contribution is -2.39. The molecule has 0 aromatic heterocycles. The third-order valence-electron chi connectivity index (χ3n) is 3.42. The van der Waals surface area contributed by atoms with Crippen LogP contribution >= 0.6 is 15.9 Å². The number of rotatable bonds is 4. The first-order valence-electron chi connectivity index (χ1n) is 6.17. The summed E-state index contributed by atoms with van der Waals surface area (Å²) in [6.45, 7) is 7.32. The fourth-order valence-corrected chi connectivity index (χ4v) is 2.38. The van der Waals surface area contributed by atoms with Crippen molar-refractivity contribution in [3.05, 3.63) is 34.3 Å². The Labute approximate surface area is 112 Å². The summed E-state index contributed by atoms with van der Waals surface area (Å²) in [5.41, 5.74) is 1.34. The second-order valence-corrected chi connectivity index (χ2v) is 6.16. The van der Waals surface area contributed by atoms with Crippen LogP contribution in [-0.2, 0) is 10.3 Å². The van der Waals surface area contributed by atoms with Crippen molar-refractivity contribution in [1.82, 2.24) is 5.32 Å². The van der Waals surface area contributed by atoms with Gasteiger partial charge in [-0.15, -0.1) is 0 Å². The van der Waals surface area contributed by atoms with Crippen molar-refractivity contribution in [2.24, 2.45) is 5.92 Å². The van der Waals surface area contributed by atoms with Crippen molar-refractivity contribution in [1.29, 1.82) is 0 Å². The van der Waals surface area contributed by atoms with Crippen LogP contribution in [-0.4, -0.2) is 19.8 Å². The van der Waals surface area contributed by atoms with E-state index in [4.69, 9.17) is 4.74 Å². The predicted octanol–water partition coefficient (Wildman–Crippen LogP) is 3.31. The molecule has 2 nitrogen and oxygen atoms in total. The maximum atomic E-state index is 5.40. The first kappa shape index (κ1) is 13.1. The number of benzene rings is 1. The molecule has 1 aromatic rings. The molecule has 0 amide bonds. The molecule has 3 heteroatoms. The number of halogens is 1. The number of hydrogen-bond acceptors (Lipinski definition) is 2. The van der Waals surface area contributed by atoms with Crippen LogP contribution in [0.1, 0.15) is 25.8 Å². The number of ether oxygens (including phenoxy) is 1. The largest absolute Gasteiger partial charge is 0.381 e. The van der Waals surface area contributed by atoms with E-state index >= 15 is 0 Å². The fourth-order valence-electron chi connectivity index (χ4n) is 2.11. The van der Waals surface area contributed by atoms with Gasteiger partial charge in [0.2, 0.25) is 0 Å². The van der Waals surface area contributed by atoms with E-state index in [9.17, 15) is 0 Å². The van der Waals surface area contributed by atoms with Crippen molar-refractivity contribution < 1.29 is 4.74 Å². The molecule has 1 aliphatic heterocycles. The molecule has 1 saturated heterocycles. The van der Waals surface area contributed by atoms with Gasteiger partial charge >= 0.3 is 0 Å². The van der Waals surface area contributed by atoms with Gasteiger partial charge in [-0.05, 0) is 43.9 Å². The van der Waals surface area contributed by atoms with E-state index in [0.717, 1.165) is 24.2 Å². The zero-order valence-corrected chi connectivity index (χ0v) is 12.1. The lowest BCUT2D eigenvalue weighted by Gasteiger charge is -2.28. The molecular formula is C14H20BrNO. The normalized spacial score (nSPS) is 20.8. The van der Waals surface area contributed by atoms with E-state index in [0.29, 0.717) is 5.92 Å². The quantitative estimate of drug-likeness (QED) is 0.921. The van der Waals surface area contributed by atoms with Gasteiger partial charge in [0.15, 0.2) is 0 Å². The second kappa shape index (κ2) is 5.51. The molecule has 94 valence electrons. The summed E-state index contributed by atoms with van der Waals surface area (Å²) in [6, 6.07) is 8.53. The van der Waals surface area contributed by atoms with E-state index in [1.807, 2.05) is 0 Å². The van der Waals surface area contributed by atoms with Crippen LogP contribution in [0.3, 0.4) is 0 Å². The third kappa shape index (κ3) is 3.54. The summed E-state index contributed by atoms with van der Waals surface area (Å²) in [5.74, 6) is 0.671. The van der Waals surface area contributed by atoms with Gasteiger partial charge in [-0.1, -0.05) is 28.1 Å².